The molecule has 2 amide bonds. The van der Waals surface area contributed by atoms with Crippen LogP contribution in [0.2, 0.25) is 0 Å². The molecule has 6 aromatic rings. The maximum atomic E-state index is 14.8. The van der Waals surface area contributed by atoms with Crippen molar-refractivity contribution in [1.29, 1.82) is 0 Å². The van der Waals surface area contributed by atoms with E-state index in [9.17, 15) is 32.4 Å². The van der Waals surface area contributed by atoms with Gasteiger partial charge >= 0.3 is 5.97 Å². The summed E-state index contributed by atoms with van der Waals surface area (Å²) in [4.78, 5) is 71.5. The number of fused-ring (bicyclic) bond motifs is 10. The lowest BCUT2D eigenvalue weighted by atomic mass is 9.81. The van der Waals surface area contributed by atoms with Crippen LogP contribution in [0.5, 0.6) is 11.5 Å². The number of allylic oxidation sites excluding steroid dienone is 2. The molecular weight excluding hydrogens is 1130 g/mol. The lowest BCUT2D eigenvalue weighted by Gasteiger charge is -2.35. The normalized spacial score (nSPS) is 18.3. The predicted octanol–water partition coefficient (Wildman–Crippen LogP) is 13.2. The van der Waals surface area contributed by atoms with Gasteiger partial charge in [0.1, 0.15) is 22.7 Å². The number of sulfonamides is 1. The highest BCUT2D eigenvalue weighted by Gasteiger charge is 2.37. The zero-order valence-electron chi connectivity index (χ0n) is 53.1. The number of ether oxygens (including phenoxy) is 4. The molecule has 466 valence electrons. The molecule has 16 nitrogen and oxygen atoms in total. The lowest BCUT2D eigenvalue weighted by Crippen LogP contribution is -2.49. The molecule has 1 saturated heterocycles. The quantitative estimate of drug-likeness (QED) is 0.0500. The van der Waals surface area contributed by atoms with E-state index in [1.807, 2.05) is 95.3 Å². The first-order valence-electron chi connectivity index (χ1n) is 31.1. The van der Waals surface area contributed by atoms with Crippen LogP contribution in [0.25, 0.3) is 56.5 Å². The van der Waals surface area contributed by atoms with E-state index in [4.69, 9.17) is 18.9 Å². The minimum Gasteiger partial charge on any atom is -0.497 e. The number of aromatic nitrogens is 2. The van der Waals surface area contributed by atoms with Crippen LogP contribution in [0.4, 0.5) is 0 Å². The van der Waals surface area contributed by atoms with Crippen molar-refractivity contribution in [3.05, 3.63) is 129 Å². The monoisotopic (exact) mass is 1220 g/mol. The number of benzene rings is 4. The van der Waals surface area contributed by atoms with Crippen molar-refractivity contribution in [1.82, 2.24) is 23.7 Å². The summed E-state index contributed by atoms with van der Waals surface area (Å²) in [6, 6.07) is 23.2. The third kappa shape index (κ3) is 13.2. The largest absolute Gasteiger partial charge is 0.497 e. The molecule has 0 unspecified atom stereocenters. The van der Waals surface area contributed by atoms with Gasteiger partial charge in [-0.25, -0.2) is 17.9 Å². The number of nitrogens with zero attached hydrogens (tertiary/aromatic N) is 4. The van der Waals surface area contributed by atoms with E-state index in [1.165, 1.54) is 45.1 Å². The molecule has 2 saturated carbocycles. The van der Waals surface area contributed by atoms with Gasteiger partial charge in [-0.05, 0) is 188 Å². The van der Waals surface area contributed by atoms with Crippen molar-refractivity contribution in [2.24, 2.45) is 0 Å². The van der Waals surface area contributed by atoms with E-state index in [0.717, 1.165) is 105 Å². The van der Waals surface area contributed by atoms with Crippen LogP contribution >= 0.6 is 0 Å². The van der Waals surface area contributed by atoms with Gasteiger partial charge in [0.15, 0.2) is 11.6 Å². The number of methoxy groups -OCH3 is 2. The second-order valence-electron chi connectivity index (χ2n) is 26.0. The molecule has 4 aromatic carbocycles. The van der Waals surface area contributed by atoms with Crippen molar-refractivity contribution in [2.45, 2.75) is 168 Å². The highest BCUT2D eigenvalue weighted by molar-refractivity contribution is 7.90. The Bertz CT molecular complexity index is 3940. The van der Waals surface area contributed by atoms with Gasteiger partial charge < -0.3 is 37.9 Å². The first kappa shape index (κ1) is 63.3. The highest BCUT2D eigenvalue weighted by Crippen LogP contribution is 2.49. The standard InChI is InChI=1S/C40H50N4O7S.C31H35NO4/c1-24(2)52(48,49)41-39(46)28-13-15-33-35(19-28)44-22-30(38(45)34(23-42(5)6)40(47)43-20-25(3)51-26(4)21-43)17-29-18-31(50-7)14-16-32(29)37(44)36(33)27-11-9-8-10-12-27;1-19(33)23-15-22-16-24(35-5)12-14-25(22)29-28(20-9-7-6-8-10-20)26-13-11-21(17-27(26)32(29)18-23)30(34)36-31(2,3)4/h13-19,23-27H,8-12,20-22H2,1-7H3,(H,41,46);11-17,20H,6-10,18H2,1-5H3/t25-,26+;. The zero-order chi connectivity index (χ0) is 63.1. The van der Waals surface area contributed by atoms with Gasteiger partial charge in [-0.1, -0.05) is 50.7 Å². The topological polar surface area (TPSA) is 185 Å². The molecule has 0 spiro atoms. The molecule has 2 aliphatic carbocycles. The Balaban J connectivity index is 0.000000207. The van der Waals surface area contributed by atoms with Gasteiger partial charge in [0, 0.05) is 83.0 Å². The number of carbonyl (C=O) groups is 5. The number of rotatable bonds is 13. The number of hydrogen-bond donors (Lipinski definition) is 1. The van der Waals surface area contributed by atoms with E-state index in [2.05, 4.69) is 26.0 Å². The van der Waals surface area contributed by atoms with Crippen molar-refractivity contribution < 1.29 is 51.3 Å². The predicted molar refractivity (Wildman–Crippen MR) is 346 cm³/mol. The fourth-order valence-corrected chi connectivity index (χ4v) is 14.1. The molecule has 2 atom stereocenters. The van der Waals surface area contributed by atoms with Crippen LogP contribution in [0.3, 0.4) is 0 Å². The van der Waals surface area contributed by atoms with Gasteiger partial charge in [-0.2, -0.15) is 0 Å². The summed E-state index contributed by atoms with van der Waals surface area (Å²) >= 11 is 0. The Kier molecular flexibility index (Phi) is 18.5. The molecule has 1 N–H and O–H groups in total. The molecule has 11 rings (SSSR count). The summed E-state index contributed by atoms with van der Waals surface area (Å²) < 4.78 is 54.6. The summed E-state index contributed by atoms with van der Waals surface area (Å²) in [5.41, 5.74) is 11.4. The Labute approximate surface area is 517 Å². The number of ketones is 2. The summed E-state index contributed by atoms with van der Waals surface area (Å²) in [6.07, 6.45) is 16.5. The van der Waals surface area contributed by atoms with Crippen LogP contribution in [-0.4, -0.2) is 121 Å². The summed E-state index contributed by atoms with van der Waals surface area (Å²) in [5.74, 6) is 0.326. The van der Waals surface area contributed by atoms with Crippen molar-refractivity contribution in [3.8, 4) is 34.0 Å². The second kappa shape index (κ2) is 25.8. The zero-order valence-corrected chi connectivity index (χ0v) is 54.0. The van der Waals surface area contributed by atoms with Gasteiger partial charge in [0.05, 0.1) is 61.7 Å². The van der Waals surface area contributed by atoms with Gasteiger partial charge in [-0.15, -0.1) is 0 Å². The maximum Gasteiger partial charge on any atom is 0.338 e. The molecule has 0 bridgehead atoms. The van der Waals surface area contributed by atoms with Crippen LogP contribution in [0.1, 0.15) is 174 Å². The van der Waals surface area contributed by atoms with Crippen LogP contribution in [0, 0.1) is 0 Å². The Morgan fingerprint density at radius 2 is 1.15 bits per heavy atom. The Morgan fingerprint density at radius 1 is 0.670 bits per heavy atom. The fraction of sp³-hybridized carbons (Fsp3) is 0.451. The SMILES string of the molecule is COc1ccc2c(c1)C=C(C(=O)C(=CN(C)C)C(=O)N1C[C@@H](C)O[C@@H](C)C1)Cn1c-2c(C2CCCCC2)c2ccc(C(=O)NS(=O)(=O)C(C)C)cc21.COc1ccc2c(c1)C=C(C(C)=O)Cn1c-2c(C2CCCCC2)c2ccc(C(=O)OC(C)(C)C)cc21. The summed E-state index contributed by atoms with van der Waals surface area (Å²) in [5, 5.41) is 1.33. The fourth-order valence-electron chi connectivity index (χ4n) is 13.5. The average molecular weight is 1220 g/mol. The van der Waals surface area contributed by atoms with Gasteiger partial charge in [-0.3, -0.25) is 19.2 Å². The first-order chi connectivity index (χ1) is 41.8. The van der Waals surface area contributed by atoms with E-state index in [0.29, 0.717) is 48.0 Å². The third-order valence-corrected chi connectivity index (χ3v) is 19.4. The molecule has 0 radical (unpaired) electrons. The van der Waals surface area contributed by atoms with Crippen LogP contribution in [-0.2, 0) is 47.0 Å². The van der Waals surface area contributed by atoms with E-state index in [-0.39, 0.29) is 53.5 Å². The molecule has 17 heteroatoms. The number of Topliss-reactive ketones (excluding diaryl/α,β-unsaturated/α-hetero) is 2. The second-order valence-corrected chi connectivity index (χ2v) is 28.2. The number of nitrogens with one attached hydrogen (secondary N) is 1. The van der Waals surface area contributed by atoms with Crippen LogP contribution < -0.4 is 14.2 Å². The molecule has 88 heavy (non-hydrogen) atoms. The minimum absolute atomic E-state index is 0.0426. The van der Waals surface area contributed by atoms with Gasteiger partial charge in [0.25, 0.3) is 11.8 Å². The maximum absolute atomic E-state index is 14.8. The smallest absolute Gasteiger partial charge is 0.338 e. The van der Waals surface area contributed by atoms with E-state index < -0.39 is 32.6 Å². The molecule has 3 aliphatic heterocycles. The molecular formula is C71H85N5O11S. The summed E-state index contributed by atoms with van der Waals surface area (Å²) in [6.45, 7) is 15.4. The Morgan fingerprint density at radius 3 is 1.61 bits per heavy atom. The van der Waals surface area contributed by atoms with Gasteiger partial charge in [0.2, 0.25) is 10.0 Å². The number of esters is 1. The highest BCUT2D eigenvalue weighted by atomic mass is 32.2. The molecule has 5 aliphatic rings. The van der Waals surface area contributed by atoms with Crippen molar-refractivity contribution in [3.63, 3.8) is 0 Å². The van der Waals surface area contributed by atoms with Crippen molar-refractivity contribution in [2.75, 3.05) is 41.4 Å². The number of amides is 2. The minimum atomic E-state index is -3.87. The Hall–Kier alpha value is -7.76. The molecule has 2 aromatic heterocycles. The molecule has 3 fully saturated rings. The third-order valence-electron chi connectivity index (χ3n) is 17.6. The number of carbonyl (C=O) groups excluding carboxylic acids is 5. The van der Waals surface area contributed by atoms with E-state index in [1.54, 1.807) is 63.4 Å². The average Bonchev–Trinajstić information content (AvgIpc) is 1.67. The first-order valence-corrected chi connectivity index (χ1v) is 32.7. The van der Waals surface area contributed by atoms with Crippen LogP contribution in [0.15, 0.2) is 95.7 Å². The summed E-state index contributed by atoms with van der Waals surface area (Å²) in [7, 11) is 2.96. The van der Waals surface area contributed by atoms with Crippen molar-refractivity contribution >= 4 is 73.3 Å². The number of morpholine rings is 1. The lowest BCUT2D eigenvalue weighted by molar-refractivity contribution is -0.140. The number of hydrogen-bond acceptors (Lipinski definition) is 12. The van der Waals surface area contributed by atoms with E-state index >= 15 is 0 Å². The molecule has 5 heterocycles.